The maximum absolute atomic E-state index is 13.7. The van der Waals surface area contributed by atoms with Crippen LogP contribution >= 0.6 is 0 Å². The lowest BCUT2D eigenvalue weighted by atomic mass is 9.84. The molecule has 3 unspecified atom stereocenters. The Kier molecular flexibility index (Phi) is 4.81. The monoisotopic (exact) mass is 431 g/mol. The topological polar surface area (TPSA) is 87.6 Å². The largest absolute Gasteiger partial charge is 0.455 e. The van der Waals surface area contributed by atoms with E-state index in [4.69, 9.17) is 4.74 Å². The number of nitrogens with one attached hydrogen (secondary N) is 3. The third-order valence-corrected chi connectivity index (χ3v) is 5.71. The van der Waals surface area contributed by atoms with E-state index >= 15 is 0 Å². The lowest BCUT2D eigenvalue weighted by Gasteiger charge is -2.37. The fourth-order valence-electron chi connectivity index (χ4n) is 4.32. The maximum atomic E-state index is 13.7. The van der Waals surface area contributed by atoms with E-state index in [1.54, 1.807) is 0 Å². The molecule has 1 fully saturated rings. The Balaban J connectivity index is 1.51. The van der Waals surface area contributed by atoms with Gasteiger partial charge < -0.3 is 15.4 Å². The molecule has 0 aromatic carbocycles. The molecule has 3 N–H and O–H groups in total. The van der Waals surface area contributed by atoms with Crippen molar-refractivity contribution in [1.82, 2.24) is 20.9 Å². The number of allylic oxidation sites excluding steroid dienone is 3. The van der Waals surface area contributed by atoms with Crippen LogP contribution in [0.3, 0.4) is 0 Å². The van der Waals surface area contributed by atoms with Gasteiger partial charge >= 0.3 is 6.18 Å². The summed E-state index contributed by atoms with van der Waals surface area (Å²) in [5.41, 5.74) is 0.902. The second-order valence-corrected chi connectivity index (χ2v) is 7.73. The zero-order chi connectivity index (χ0) is 21.6. The average molecular weight is 431 g/mol. The number of aliphatic imine (C=N–C) groups is 1. The number of ketones is 1. The molecule has 1 aromatic rings. The first-order valence-corrected chi connectivity index (χ1v) is 10.1. The highest BCUT2D eigenvalue weighted by atomic mass is 19.4. The Bertz CT molecular complexity index is 1040. The molecule has 3 atom stereocenters. The summed E-state index contributed by atoms with van der Waals surface area (Å²) < 4.78 is 46.8. The van der Waals surface area contributed by atoms with Crippen LogP contribution in [0.25, 0.3) is 0 Å². The van der Waals surface area contributed by atoms with Crippen LogP contribution in [0.15, 0.2) is 58.6 Å². The minimum Gasteiger partial charge on any atom is -0.455 e. The molecular weight excluding hydrogens is 411 g/mol. The lowest BCUT2D eigenvalue weighted by molar-refractivity contribution is -0.138. The van der Waals surface area contributed by atoms with Crippen molar-refractivity contribution in [2.24, 2.45) is 4.99 Å². The molecule has 162 valence electrons. The molecule has 31 heavy (non-hydrogen) atoms. The van der Waals surface area contributed by atoms with E-state index in [0.717, 1.165) is 24.2 Å². The molecule has 0 radical (unpaired) electrons. The number of carbonyl (C=O) groups is 1. The number of aromatic nitrogens is 1. The van der Waals surface area contributed by atoms with Crippen LogP contribution in [0.5, 0.6) is 0 Å². The van der Waals surface area contributed by atoms with Crippen molar-refractivity contribution in [2.45, 2.75) is 50.3 Å². The number of fused-ring (bicyclic) bond motifs is 1. The molecular formula is C21H20F3N5O2. The summed E-state index contributed by atoms with van der Waals surface area (Å²) in [5, 5.41) is 9.30. The van der Waals surface area contributed by atoms with E-state index in [0.29, 0.717) is 37.0 Å². The highest BCUT2D eigenvalue weighted by Gasteiger charge is 2.41. The molecule has 7 nitrogen and oxygen atoms in total. The Morgan fingerprint density at radius 2 is 2.13 bits per heavy atom. The molecule has 2 aliphatic heterocycles. The van der Waals surface area contributed by atoms with Gasteiger partial charge in [-0.3, -0.25) is 15.1 Å². The van der Waals surface area contributed by atoms with Crippen LogP contribution in [0.2, 0.25) is 0 Å². The van der Waals surface area contributed by atoms with Crippen molar-refractivity contribution in [2.75, 3.05) is 0 Å². The fourth-order valence-corrected chi connectivity index (χ4v) is 4.32. The molecule has 0 spiro atoms. The number of carbonyl (C=O) groups excluding carboxylic acids is 1. The lowest BCUT2D eigenvalue weighted by Crippen LogP contribution is -2.51. The van der Waals surface area contributed by atoms with Gasteiger partial charge in [-0.2, -0.15) is 18.2 Å². The molecule has 3 heterocycles. The Hall–Kier alpha value is -3.14. The Morgan fingerprint density at radius 1 is 1.26 bits per heavy atom. The van der Waals surface area contributed by atoms with Crippen LogP contribution in [0, 0.1) is 0 Å². The van der Waals surface area contributed by atoms with Crippen molar-refractivity contribution < 1.29 is 22.7 Å². The number of amidine groups is 1. The number of ether oxygens (including phenoxy) is 1. The number of halogens is 3. The van der Waals surface area contributed by atoms with E-state index < -0.39 is 24.1 Å². The predicted octanol–water partition coefficient (Wildman–Crippen LogP) is 2.81. The second kappa shape index (κ2) is 7.52. The number of alkyl halides is 3. The molecule has 1 saturated heterocycles. The molecule has 0 amide bonds. The summed E-state index contributed by atoms with van der Waals surface area (Å²) in [6, 6.07) is 0.227. The van der Waals surface area contributed by atoms with Gasteiger partial charge in [-0.15, -0.1) is 0 Å². The average Bonchev–Trinajstić information content (AvgIpc) is 3.15. The number of pyridine rings is 1. The van der Waals surface area contributed by atoms with E-state index in [1.165, 1.54) is 0 Å². The fraction of sp³-hybridized carbons (Fsp3) is 0.381. The molecule has 0 bridgehead atoms. The molecule has 0 saturated carbocycles. The van der Waals surface area contributed by atoms with Gasteiger partial charge in [-0.05, 0) is 25.0 Å². The zero-order valence-electron chi connectivity index (χ0n) is 16.4. The van der Waals surface area contributed by atoms with Crippen LogP contribution < -0.4 is 16.0 Å². The summed E-state index contributed by atoms with van der Waals surface area (Å²) in [7, 11) is 0. The first kappa shape index (κ1) is 19.8. The third-order valence-electron chi connectivity index (χ3n) is 5.71. The van der Waals surface area contributed by atoms with Gasteiger partial charge in [-0.1, -0.05) is 12.2 Å². The van der Waals surface area contributed by atoms with Gasteiger partial charge in [0.2, 0.25) is 0 Å². The van der Waals surface area contributed by atoms with Crippen molar-refractivity contribution in [1.29, 1.82) is 0 Å². The Labute approximate surface area is 176 Å². The normalized spacial score (nSPS) is 29.0. The smallest absolute Gasteiger partial charge is 0.416 e. The second-order valence-electron chi connectivity index (χ2n) is 7.73. The molecule has 1 aromatic heterocycles. The summed E-state index contributed by atoms with van der Waals surface area (Å²) in [6.07, 6.45) is 4.78. The number of hydrogen-bond acceptors (Lipinski definition) is 6. The van der Waals surface area contributed by atoms with Crippen LogP contribution in [0.4, 0.5) is 13.2 Å². The number of Topliss-reactive ketones (excluding diaryl/α,β-unsaturated/α-hetero) is 1. The highest BCUT2D eigenvalue weighted by molar-refractivity contribution is 5.98. The van der Waals surface area contributed by atoms with Crippen molar-refractivity contribution in [3.63, 3.8) is 0 Å². The van der Waals surface area contributed by atoms with E-state index in [1.807, 2.05) is 18.2 Å². The van der Waals surface area contributed by atoms with Crippen LogP contribution in [-0.4, -0.2) is 29.2 Å². The van der Waals surface area contributed by atoms with E-state index in [-0.39, 0.29) is 23.5 Å². The first-order chi connectivity index (χ1) is 14.9. The number of hydrogen-bond donors (Lipinski definition) is 3. The minimum absolute atomic E-state index is 0.0923. The van der Waals surface area contributed by atoms with Crippen molar-refractivity contribution in [3.8, 4) is 0 Å². The van der Waals surface area contributed by atoms with Gasteiger partial charge in [0.15, 0.2) is 12.1 Å². The van der Waals surface area contributed by atoms with Gasteiger partial charge in [0.25, 0.3) is 6.02 Å². The summed E-state index contributed by atoms with van der Waals surface area (Å²) >= 11 is 0. The van der Waals surface area contributed by atoms with Crippen LogP contribution in [0.1, 0.15) is 42.9 Å². The van der Waals surface area contributed by atoms with Gasteiger partial charge in [0.1, 0.15) is 6.10 Å². The van der Waals surface area contributed by atoms with Gasteiger partial charge in [0, 0.05) is 42.1 Å². The predicted molar refractivity (Wildman–Crippen MR) is 105 cm³/mol. The summed E-state index contributed by atoms with van der Waals surface area (Å²) in [6.45, 7) is 0. The molecule has 2 aliphatic carbocycles. The third kappa shape index (κ3) is 3.71. The standard InChI is InChI=1S/C21H20F3N5O2/c22-21(23,24)12-8-9-25-10-11(12)18-17-14(5-3-6-15(17)30)26-19(28-18)29-20-27-13-4-1-2-7-16(13)31-20/h1-2,4,8-10,16,18-19,26,28H,3,5-7H2,(H,27,29). The van der Waals surface area contributed by atoms with Crippen molar-refractivity contribution in [3.05, 3.63) is 64.8 Å². The van der Waals surface area contributed by atoms with E-state index in [9.17, 15) is 18.0 Å². The van der Waals surface area contributed by atoms with Gasteiger partial charge in [-0.25, -0.2) is 0 Å². The maximum Gasteiger partial charge on any atom is 0.416 e. The Morgan fingerprint density at radius 3 is 2.94 bits per heavy atom. The van der Waals surface area contributed by atoms with Crippen molar-refractivity contribution >= 4 is 11.8 Å². The molecule has 5 rings (SSSR count). The molecule has 4 aliphatic rings. The van der Waals surface area contributed by atoms with E-state index in [2.05, 4.69) is 25.9 Å². The summed E-state index contributed by atoms with van der Waals surface area (Å²) in [5.74, 6) is -0.174. The van der Waals surface area contributed by atoms with Gasteiger partial charge in [0.05, 0.1) is 17.3 Å². The first-order valence-electron chi connectivity index (χ1n) is 10.1. The highest BCUT2D eigenvalue weighted by Crippen LogP contribution is 2.40. The van der Waals surface area contributed by atoms with Crippen LogP contribution in [-0.2, 0) is 15.7 Å². The minimum atomic E-state index is -4.57. The SMILES string of the molecule is O=C1CCCC2=C1C(c1cnccc1C(F)(F)F)NC(N=C1NC3=CC=CCC3O1)N2. The molecule has 10 heteroatoms. The number of nitrogens with zero attached hydrogens (tertiary/aromatic N) is 2. The number of rotatable bonds is 2. The zero-order valence-corrected chi connectivity index (χ0v) is 16.4. The summed E-state index contributed by atoms with van der Waals surface area (Å²) in [4.78, 5) is 21.0. The quantitative estimate of drug-likeness (QED) is 0.668.